The number of hydrogen-bond donors (Lipinski definition) is 1. The minimum Gasteiger partial charge on any atom is -0.348 e. The zero-order chi connectivity index (χ0) is 21.2. The largest absolute Gasteiger partial charge is 0.348 e. The van der Waals surface area contributed by atoms with Crippen LogP contribution >= 0.6 is 0 Å². The molecule has 2 heterocycles. The molecule has 1 amide bonds. The van der Waals surface area contributed by atoms with Crippen LogP contribution in [0.2, 0.25) is 0 Å². The van der Waals surface area contributed by atoms with Gasteiger partial charge in [-0.25, -0.2) is 17.7 Å². The topological polar surface area (TPSA) is 84.3 Å². The van der Waals surface area contributed by atoms with Crippen molar-refractivity contribution >= 4 is 15.9 Å². The van der Waals surface area contributed by atoms with E-state index in [2.05, 4.69) is 10.3 Å². The fourth-order valence-corrected chi connectivity index (χ4v) is 4.00. The molecule has 152 valence electrons. The van der Waals surface area contributed by atoms with Crippen molar-refractivity contribution in [1.82, 2.24) is 19.2 Å². The Morgan fingerprint density at radius 1 is 1.10 bits per heavy atom. The summed E-state index contributed by atoms with van der Waals surface area (Å²) in [6.07, 6.45) is 1.72. The van der Waals surface area contributed by atoms with Gasteiger partial charge in [-0.1, -0.05) is 18.2 Å². The molecule has 0 bridgehead atoms. The highest BCUT2D eigenvalue weighted by Crippen LogP contribution is 2.20. The molecule has 0 spiro atoms. The minimum atomic E-state index is -3.46. The van der Waals surface area contributed by atoms with E-state index in [4.69, 9.17) is 0 Å². The normalized spacial score (nSPS) is 11.6. The van der Waals surface area contributed by atoms with Crippen LogP contribution < -0.4 is 5.32 Å². The molecule has 0 aliphatic heterocycles. The molecule has 29 heavy (non-hydrogen) atoms. The Labute approximate surface area is 171 Å². The third-order valence-corrected chi connectivity index (χ3v) is 6.54. The Balaban J connectivity index is 1.74. The Bertz CT molecular complexity index is 1120. The number of rotatable bonds is 6. The monoisotopic (exact) mass is 412 g/mol. The molecule has 3 aromatic rings. The van der Waals surface area contributed by atoms with Crippen LogP contribution in [0.5, 0.6) is 0 Å². The van der Waals surface area contributed by atoms with Crippen molar-refractivity contribution in [2.24, 2.45) is 0 Å². The summed E-state index contributed by atoms with van der Waals surface area (Å²) in [5, 5.41) is 2.90. The zero-order valence-corrected chi connectivity index (χ0v) is 17.7. The van der Waals surface area contributed by atoms with Gasteiger partial charge in [-0.05, 0) is 49.7 Å². The lowest BCUT2D eigenvalue weighted by molar-refractivity contribution is 0.0950. The van der Waals surface area contributed by atoms with Crippen molar-refractivity contribution < 1.29 is 13.2 Å². The van der Waals surface area contributed by atoms with Crippen LogP contribution in [0.15, 0.2) is 59.6 Å². The maximum Gasteiger partial charge on any atom is 0.253 e. The van der Waals surface area contributed by atoms with Crippen LogP contribution in [-0.4, -0.2) is 42.3 Å². The van der Waals surface area contributed by atoms with Crippen LogP contribution in [0.3, 0.4) is 0 Å². The zero-order valence-electron chi connectivity index (χ0n) is 16.9. The summed E-state index contributed by atoms with van der Waals surface area (Å²) in [4.78, 5) is 17.3. The molecule has 0 saturated carbocycles. The molecule has 0 aliphatic carbocycles. The van der Waals surface area contributed by atoms with Crippen molar-refractivity contribution in [3.63, 3.8) is 0 Å². The molecule has 0 fully saturated rings. The van der Waals surface area contributed by atoms with Crippen LogP contribution in [-0.2, 0) is 16.6 Å². The van der Waals surface area contributed by atoms with Crippen molar-refractivity contribution in [1.29, 1.82) is 0 Å². The van der Waals surface area contributed by atoms with Crippen LogP contribution in [0, 0.1) is 13.8 Å². The van der Waals surface area contributed by atoms with E-state index in [1.165, 1.54) is 18.4 Å². The standard InChI is InChI=1S/C21H24N4O3S/c1-15-13-19(16(2)25(15)20-7-5-6-12-22-20)21(26)23-14-17-8-10-18(11-9-17)29(27,28)24(3)4/h5-13H,14H2,1-4H3,(H,23,26). The van der Waals surface area contributed by atoms with Gasteiger partial charge in [0.15, 0.2) is 0 Å². The molecule has 0 saturated heterocycles. The van der Waals surface area contributed by atoms with Gasteiger partial charge in [0.1, 0.15) is 5.82 Å². The van der Waals surface area contributed by atoms with Crippen molar-refractivity contribution in [2.45, 2.75) is 25.3 Å². The summed E-state index contributed by atoms with van der Waals surface area (Å²) < 4.78 is 27.4. The molecule has 8 heteroatoms. The summed E-state index contributed by atoms with van der Waals surface area (Å²) in [6, 6.07) is 14.0. The van der Waals surface area contributed by atoms with E-state index < -0.39 is 10.0 Å². The summed E-state index contributed by atoms with van der Waals surface area (Å²) in [5.41, 5.74) is 3.13. The van der Waals surface area contributed by atoms with Gasteiger partial charge < -0.3 is 9.88 Å². The van der Waals surface area contributed by atoms with E-state index in [-0.39, 0.29) is 10.8 Å². The number of benzene rings is 1. The number of carbonyl (C=O) groups is 1. The second-order valence-corrected chi connectivity index (χ2v) is 9.07. The van der Waals surface area contributed by atoms with Crippen LogP contribution in [0.25, 0.3) is 5.82 Å². The summed E-state index contributed by atoms with van der Waals surface area (Å²) >= 11 is 0. The number of nitrogens with zero attached hydrogens (tertiary/aromatic N) is 3. The van der Waals surface area contributed by atoms with Crippen LogP contribution in [0.1, 0.15) is 27.3 Å². The molecule has 1 N–H and O–H groups in total. The number of amides is 1. The van der Waals surface area contributed by atoms with E-state index in [1.807, 2.05) is 42.7 Å². The first kappa shape index (κ1) is 20.8. The molecular weight excluding hydrogens is 388 g/mol. The van der Waals surface area contributed by atoms with E-state index >= 15 is 0 Å². The Morgan fingerprint density at radius 3 is 2.38 bits per heavy atom. The summed E-state index contributed by atoms with van der Waals surface area (Å²) in [7, 11) is -0.483. The van der Waals surface area contributed by atoms with E-state index in [1.54, 1.807) is 30.5 Å². The Kier molecular flexibility index (Phi) is 5.86. The third kappa shape index (κ3) is 4.23. The Hall–Kier alpha value is -2.97. The number of sulfonamides is 1. The number of hydrogen-bond acceptors (Lipinski definition) is 4. The number of pyridine rings is 1. The molecule has 0 aliphatic rings. The highest BCUT2D eigenvalue weighted by molar-refractivity contribution is 7.89. The predicted molar refractivity (Wildman–Crippen MR) is 112 cm³/mol. The molecule has 0 atom stereocenters. The van der Waals surface area contributed by atoms with Gasteiger partial charge in [-0.15, -0.1) is 0 Å². The first-order chi connectivity index (χ1) is 13.7. The van der Waals surface area contributed by atoms with Gasteiger partial charge in [-0.2, -0.15) is 0 Å². The number of aryl methyl sites for hydroxylation is 1. The molecule has 3 rings (SSSR count). The van der Waals surface area contributed by atoms with Gasteiger partial charge in [0.2, 0.25) is 10.0 Å². The first-order valence-corrected chi connectivity index (χ1v) is 10.6. The fraction of sp³-hybridized carbons (Fsp3) is 0.238. The van der Waals surface area contributed by atoms with Crippen molar-refractivity contribution in [3.8, 4) is 5.82 Å². The highest BCUT2D eigenvalue weighted by atomic mass is 32.2. The average Bonchev–Trinajstić information content (AvgIpc) is 3.01. The lowest BCUT2D eigenvalue weighted by Crippen LogP contribution is -2.24. The van der Waals surface area contributed by atoms with E-state index in [0.717, 1.165) is 22.8 Å². The lowest BCUT2D eigenvalue weighted by atomic mass is 10.2. The molecule has 7 nitrogen and oxygen atoms in total. The maximum absolute atomic E-state index is 12.7. The van der Waals surface area contributed by atoms with Gasteiger partial charge in [0.25, 0.3) is 5.91 Å². The third-order valence-electron chi connectivity index (χ3n) is 4.71. The smallest absolute Gasteiger partial charge is 0.253 e. The molecule has 1 aromatic carbocycles. The van der Waals surface area contributed by atoms with E-state index in [0.29, 0.717) is 12.1 Å². The van der Waals surface area contributed by atoms with Crippen molar-refractivity contribution in [3.05, 3.63) is 77.2 Å². The molecular formula is C21H24N4O3S. The predicted octanol–water partition coefficient (Wildman–Crippen LogP) is 2.67. The molecule has 0 radical (unpaired) electrons. The van der Waals surface area contributed by atoms with Gasteiger partial charge in [0, 0.05) is 38.2 Å². The Morgan fingerprint density at radius 2 is 1.79 bits per heavy atom. The van der Waals surface area contributed by atoms with Gasteiger partial charge >= 0.3 is 0 Å². The highest BCUT2D eigenvalue weighted by Gasteiger charge is 2.18. The summed E-state index contributed by atoms with van der Waals surface area (Å²) in [6.45, 7) is 4.12. The van der Waals surface area contributed by atoms with Gasteiger partial charge in [0.05, 0.1) is 10.5 Å². The van der Waals surface area contributed by atoms with Gasteiger partial charge in [-0.3, -0.25) is 4.79 Å². The lowest BCUT2D eigenvalue weighted by Gasteiger charge is -2.12. The second kappa shape index (κ2) is 8.18. The number of carbonyl (C=O) groups excluding carboxylic acids is 1. The molecule has 0 unspecified atom stereocenters. The fourth-order valence-electron chi connectivity index (χ4n) is 3.10. The quantitative estimate of drug-likeness (QED) is 0.675. The van der Waals surface area contributed by atoms with Crippen LogP contribution in [0.4, 0.5) is 0 Å². The van der Waals surface area contributed by atoms with Crippen molar-refractivity contribution in [2.75, 3.05) is 14.1 Å². The SMILES string of the molecule is Cc1cc(C(=O)NCc2ccc(S(=O)(=O)N(C)C)cc2)c(C)n1-c1ccccn1. The number of nitrogens with one attached hydrogen (secondary N) is 1. The summed E-state index contributed by atoms with van der Waals surface area (Å²) in [5.74, 6) is 0.574. The minimum absolute atomic E-state index is 0.190. The maximum atomic E-state index is 12.7. The van der Waals surface area contributed by atoms with E-state index in [9.17, 15) is 13.2 Å². The molecule has 2 aromatic heterocycles. The number of aromatic nitrogens is 2. The average molecular weight is 413 g/mol. The first-order valence-electron chi connectivity index (χ1n) is 9.12. The second-order valence-electron chi connectivity index (χ2n) is 6.92.